The van der Waals surface area contributed by atoms with Crippen LogP contribution in [0.5, 0.6) is 5.75 Å². The molecule has 2 aromatic rings. The number of halogens is 1. The van der Waals surface area contributed by atoms with Crippen molar-refractivity contribution in [3.05, 3.63) is 69.2 Å². The summed E-state index contributed by atoms with van der Waals surface area (Å²) in [6, 6.07) is 12.4. The molecule has 1 heterocycles. The van der Waals surface area contributed by atoms with E-state index in [2.05, 4.69) is 15.9 Å². The normalized spacial score (nSPS) is 13.9. The first-order chi connectivity index (χ1) is 12.4. The maximum absolute atomic E-state index is 11.8. The Morgan fingerprint density at radius 1 is 1.00 bits per heavy atom. The molecule has 7 heteroatoms. The van der Waals surface area contributed by atoms with Crippen LogP contribution in [-0.4, -0.2) is 17.8 Å². The van der Waals surface area contributed by atoms with Crippen molar-refractivity contribution in [2.75, 3.05) is 0 Å². The van der Waals surface area contributed by atoms with E-state index in [1.807, 2.05) is 41.8 Å². The largest absolute Gasteiger partial charge is 0.488 e. The third kappa shape index (κ3) is 4.18. The third-order valence-electron chi connectivity index (χ3n) is 3.73. The summed E-state index contributed by atoms with van der Waals surface area (Å²) in [4.78, 5) is 34.6. The number of ether oxygens (including phenoxy) is 1. The number of urea groups is 1. The molecule has 1 aliphatic heterocycles. The number of barbiturate groups is 1. The lowest BCUT2D eigenvalue weighted by Crippen LogP contribution is -2.51. The first-order valence-electron chi connectivity index (χ1n) is 7.78. The fraction of sp³-hybridized carbons (Fsp3) is 0.105. The summed E-state index contributed by atoms with van der Waals surface area (Å²) in [6.45, 7) is 2.45. The van der Waals surface area contributed by atoms with Crippen molar-refractivity contribution >= 4 is 39.9 Å². The lowest BCUT2D eigenvalue weighted by atomic mass is 10.1. The number of imide groups is 2. The molecule has 6 nitrogen and oxygen atoms in total. The van der Waals surface area contributed by atoms with Gasteiger partial charge in [0.1, 0.15) is 17.9 Å². The van der Waals surface area contributed by atoms with Gasteiger partial charge in [0.2, 0.25) is 0 Å². The predicted molar refractivity (Wildman–Crippen MR) is 99.3 cm³/mol. The van der Waals surface area contributed by atoms with E-state index in [-0.39, 0.29) is 5.57 Å². The molecule has 26 heavy (non-hydrogen) atoms. The highest BCUT2D eigenvalue weighted by atomic mass is 79.9. The zero-order valence-corrected chi connectivity index (χ0v) is 15.4. The fourth-order valence-electron chi connectivity index (χ4n) is 2.34. The van der Waals surface area contributed by atoms with Gasteiger partial charge in [-0.25, -0.2) is 4.79 Å². The zero-order valence-electron chi connectivity index (χ0n) is 13.8. The average molecular weight is 415 g/mol. The number of aryl methyl sites for hydroxylation is 1. The molecule has 132 valence electrons. The van der Waals surface area contributed by atoms with Crippen LogP contribution in [0.15, 0.2) is 52.5 Å². The lowest BCUT2D eigenvalue weighted by Gasteiger charge is -2.14. The minimum absolute atomic E-state index is 0.134. The monoisotopic (exact) mass is 414 g/mol. The Kier molecular flexibility index (Phi) is 5.18. The van der Waals surface area contributed by atoms with Gasteiger partial charge in [0, 0.05) is 0 Å². The van der Waals surface area contributed by atoms with Crippen molar-refractivity contribution in [2.24, 2.45) is 0 Å². The van der Waals surface area contributed by atoms with Crippen molar-refractivity contribution in [2.45, 2.75) is 13.5 Å². The van der Waals surface area contributed by atoms with E-state index in [1.54, 1.807) is 18.2 Å². The molecule has 0 bridgehead atoms. The van der Waals surface area contributed by atoms with Crippen LogP contribution in [-0.2, 0) is 16.2 Å². The van der Waals surface area contributed by atoms with Crippen molar-refractivity contribution in [1.82, 2.24) is 10.6 Å². The molecule has 0 aliphatic carbocycles. The number of benzene rings is 2. The number of rotatable bonds is 4. The number of carbonyl (C=O) groups excluding carboxylic acids is 3. The summed E-state index contributed by atoms with van der Waals surface area (Å²) < 4.78 is 6.48. The molecule has 0 saturated carbocycles. The Hall–Kier alpha value is -2.93. The number of nitrogens with one attached hydrogen (secondary N) is 2. The molecular formula is C19H15BrN2O4. The van der Waals surface area contributed by atoms with Crippen molar-refractivity contribution < 1.29 is 19.1 Å². The van der Waals surface area contributed by atoms with Crippen LogP contribution in [0.3, 0.4) is 0 Å². The van der Waals surface area contributed by atoms with Gasteiger partial charge in [-0.1, -0.05) is 35.9 Å². The van der Waals surface area contributed by atoms with E-state index >= 15 is 0 Å². The van der Waals surface area contributed by atoms with E-state index < -0.39 is 17.8 Å². The first kappa shape index (κ1) is 17.9. The average Bonchev–Trinajstić information content (AvgIpc) is 2.59. The van der Waals surface area contributed by atoms with Gasteiger partial charge in [0.25, 0.3) is 11.8 Å². The molecule has 2 N–H and O–H groups in total. The Balaban J connectivity index is 1.74. The van der Waals surface area contributed by atoms with Crippen molar-refractivity contribution in [1.29, 1.82) is 0 Å². The molecule has 1 saturated heterocycles. The number of hydrogen-bond donors (Lipinski definition) is 2. The van der Waals surface area contributed by atoms with Crippen LogP contribution in [0.1, 0.15) is 16.7 Å². The molecule has 0 atom stereocenters. The summed E-state index contributed by atoms with van der Waals surface area (Å²) in [5.41, 5.74) is 2.72. The summed E-state index contributed by atoms with van der Waals surface area (Å²) >= 11 is 3.43. The molecule has 3 rings (SSSR count). The van der Waals surface area contributed by atoms with E-state index in [4.69, 9.17) is 4.74 Å². The molecule has 0 unspecified atom stereocenters. The van der Waals surface area contributed by atoms with Gasteiger partial charge in [-0.2, -0.15) is 0 Å². The van der Waals surface area contributed by atoms with Gasteiger partial charge in [-0.15, -0.1) is 0 Å². The maximum atomic E-state index is 11.8. The Labute approximate surface area is 158 Å². The van der Waals surface area contributed by atoms with Gasteiger partial charge < -0.3 is 4.74 Å². The van der Waals surface area contributed by atoms with Crippen LogP contribution in [0.2, 0.25) is 0 Å². The van der Waals surface area contributed by atoms with Crippen LogP contribution in [0, 0.1) is 6.92 Å². The van der Waals surface area contributed by atoms with Gasteiger partial charge in [0.05, 0.1) is 4.47 Å². The smallest absolute Gasteiger partial charge is 0.328 e. The predicted octanol–water partition coefficient (Wildman–Crippen LogP) is 3.09. The Bertz CT molecular complexity index is 898. The van der Waals surface area contributed by atoms with E-state index in [0.29, 0.717) is 22.4 Å². The second-order valence-electron chi connectivity index (χ2n) is 5.76. The minimum Gasteiger partial charge on any atom is -0.488 e. The molecule has 0 aromatic heterocycles. The Morgan fingerprint density at radius 2 is 1.65 bits per heavy atom. The molecule has 1 aliphatic rings. The SMILES string of the molecule is Cc1ccc(COc2ccc(C=C3C(=O)NC(=O)NC3=O)cc2Br)cc1. The topological polar surface area (TPSA) is 84.5 Å². The molecular weight excluding hydrogens is 400 g/mol. The molecule has 1 fully saturated rings. The van der Waals surface area contributed by atoms with Crippen LogP contribution < -0.4 is 15.4 Å². The molecule has 2 aromatic carbocycles. The van der Waals surface area contributed by atoms with E-state index in [0.717, 1.165) is 5.56 Å². The lowest BCUT2D eigenvalue weighted by molar-refractivity contribution is -0.123. The third-order valence-corrected chi connectivity index (χ3v) is 4.34. The summed E-state index contributed by atoms with van der Waals surface area (Å²) in [7, 11) is 0. The van der Waals surface area contributed by atoms with Gasteiger partial charge in [-0.3, -0.25) is 20.2 Å². The maximum Gasteiger partial charge on any atom is 0.328 e. The highest BCUT2D eigenvalue weighted by Crippen LogP contribution is 2.28. The summed E-state index contributed by atoms with van der Waals surface area (Å²) in [5.74, 6) is -0.815. The standard InChI is InChI=1S/C19H15BrN2O4/c1-11-2-4-12(5-3-11)10-26-16-7-6-13(9-15(16)20)8-14-17(23)21-19(25)22-18(14)24/h2-9H,10H2,1H3,(H2,21,22,23,24,25). The zero-order chi connectivity index (χ0) is 18.7. The second-order valence-corrected chi connectivity index (χ2v) is 6.61. The first-order valence-corrected chi connectivity index (χ1v) is 8.58. The number of amides is 4. The minimum atomic E-state index is -0.821. The van der Waals surface area contributed by atoms with Crippen LogP contribution >= 0.6 is 15.9 Å². The molecule has 0 radical (unpaired) electrons. The van der Waals surface area contributed by atoms with Gasteiger partial charge >= 0.3 is 6.03 Å². The number of hydrogen-bond acceptors (Lipinski definition) is 4. The summed E-state index contributed by atoms with van der Waals surface area (Å²) in [5, 5.41) is 4.07. The van der Waals surface area contributed by atoms with Crippen LogP contribution in [0.4, 0.5) is 4.79 Å². The second kappa shape index (κ2) is 7.53. The van der Waals surface area contributed by atoms with Crippen LogP contribution in [0.25, 0.3) is 6.08 Å². The van der Waals surface area contributed by atoms with E-state index in [1.165, 1.54) is 11.6 Å². The highest BCUT2D eigenvalue weighted by Gasteiger charge is 2.27. The van der Waals surface area contributed by atoms with Gasteiger partial charge in [-0.05, 0) is 52.2 Å². The van der Waals surface area contributed by atoms with Gasteiger partial charge in [0.15, 0.2) is 0 Å². The fourth-order valence-corrected chi connectivity index (χ4v) is 2.85. The highest BCUT2D eigenvalue weighted by molar-refractivity contribution is 9.10. The quantitative estimate of drug-likeness (QED) is 0.594. The Morgan fingerprint density at radius 3 is 2.27 bits per heavy atom. The van der Waals surface area contributed by atoms with E-state index in [9.17, 15) is 14.4 Å². The van der Waals surface area contributed by atoms with Crippen molar-refractivity contribution in [3.63, 3.8) is 0 Å². The summed E-state index contributed by atoms with van der Waals surface area (Å²) in [6.07, 6.45) is 1.41. The molecule has 0 spiro atoms. The number of carbonyl (C=O) groups is 3. The van der Waals surface area contributed by atoms with Crippen molar-refractivity contribution in [3.8, 4) is 5.75 Å². The molecule has 4 amide bonds.